The number of ether oxygens (including phenoxy) is 1. The molecule has 1 aromatic rings. The van der Waals surface area contributed by atoms with Crippen LogP contribution in [0.2, 0.25) is 5.02 Å². The molecule has 104 valence electrons. The van der Waals surface area contributed by atoms with E-state index in [0.717, 1.165) is 23.1 Å². The van der Waals surface area contributed by atoms with E-state index in [9.17, 15) is 0 Å². The maximum atomic E-state index is 6.40. The molecule has 0 aromatic heterocycles. The minimum Gasteiger partial charge on any atom is -0.487 e. The summed E-state index contributed by atoms with van der Waals surface area (Å²) in [7, 11) is 2.03. The lowest BCUT2D eigenvalue weighted by molar-refractivity contribution is 0.0339. The molecule has 2 nitrogen and oxygen atoms in total. The van der Waals surface area contributed by atoms with Gasteiger partial charge in [-0.05, 0) is 50.4 Å². The molecular formula is C16H22ClNO. The van der Waals surface area contributed by atoms with Crippen LogP contribution >= 0.6 is 11.6 Å². The number of rotatable bonds is 2. The van der Waals surface area contributed by atoms with Gasteiger partial charge in [-0.25, -0.2) is 0 Å². The van der Waals surface area contributed by atoms with Crippen LogP contribution in [0.1, 0.15) is 50.6 Å². The van der Waals surface area contributed by atoms with E-state index in [1.165, 1.54) is 31.2 Å². The second-order valence-corrected chi connectivity index (χ2v) is 6.47. The Balaban J connectivity index is 1.92. The van der Waals surface area contributed by atoms with Crippen molar-refractivity contribution in [2.75, 3.05) is 7.05 Å². The fourth-order valence-corrected chi connectivity index (χ4v) is 3.90. The molecule has 19 heavy (non-hydrogen) atoms. The van der Waals surface area contributed by atoms with E-state index in [0.29, 0.717) is 6.04 Å². The van der Waals surface area contributed by atoms with Crippen molar-refractivity contribution in [3.05, 3.63) is 28.8 Å². The highest BCUT2D eigenvalue weighted by Gasteiger charge is 2.45. The molecule has 1 saturated carbocycles. The monoisotopic (exact) mass is 279 g/mol. The van der Waals surface area contributed by atoms with Gasteiger partial charge in [0.2, 0.25) is 0 Å². The average Bonchev–Trinajstić information content (AvgIpc) is 2.81. The summed E-state index contributed by atoms with van der Waals surface area (Å²) in [6, 6.07) is 6.36. The zero-order chi connectivity index (χ0) is 13.5. The summed E-state index contributed by atoms with van der Waals surface area (Å²) in [5.41, 5.74) is 1.26. The fraction of sp³-hybridized carbons (Fsp3) is 0.625. The summed E-state index contributed by atoms with van der Waals surface area (Å²) in [5, 5.41) is 4.22. The van der Waals surface area contributed by atoms with Crippen LogP contribution in [0.5, 0.6) is 5.75 Å². The molecule has 1 spiro atoms. The Labute approximate surface area is 120 Å². The largest absolute Gasteiger partial charge is 0.487 e. The maximum absolute atomic E-state index is 6.40. The van der Waals surface area contributed by atoms with Gasteiger partial charge in [-0.2, -0.15) is 0 Å². The zero-order valence-electron chi connectivity index (χ0n) is 11.7. The second kappa shape index (κ2) is 4.99. The number of fused-ring (bicyclic) bond motifs is 1. The molecule has 0 bridgehead atoms. The minimum atomic E-state index is 0.0508. The van der Waals surface area contributed by atoms with Crippen molar-refractivity contribution in [1.29, 1.82) is 0 Å². The lowest BCUT2D eigenvalue weighted by Gasteiger charge is -2.40. The van der Waals surface area contributed by atoms with Gasteiger partial charge < -0.3 is 10.1 Å². The Morgan fingerprint density at radius 1 is 1.42 bits per heavy atom. The minimum absolute atomic E-state index is 0.0508. The van der Waals surface area contributed by atoms with E-state index in [4.69, 9.17) is 16.3 Å². The molecule has 1 aliphatic carbocycles. The Bertz CT molecular complexity index is 476. The molecule has 0 saturated heterocycles. The van der Waals surface area contributed by atoms with Crippen LogP contribution in [0.4, 0.5) is 0 Å². The van der Waals surface area contributed by atoms with Gasteiger partial charge in [-0.1, -0.05) is 24.9 Å². The summed E-state index contributed by atoms with van der Waals surface area (Å²) >= 11 is 6.11. The number of benzene rings is 1. The van der Waals surface area contributed by atoms with Crippen LogP contribution in [0.25, 0.3) is 0 Å². The maximum Gasteiger partial charge on any atom is 0.125 e. The van der Waals surface area contributed by atoms with Crippen LogP contribution in [0.3, 0.4) is 0 Å². The summed E-state index contributed by atoms with van der Waals surface area (Å²) < 4.78 is 6.40. The van der Waals surface area contributed by atoms with Crippen LogP contribution in [0, 0.1) is 5.92 Å². The molecule has 0 radical (unpaired) electrons. The van der Waals surface area contributed by atoms with Crippen LogP contribution in [-0.2, 0) is 0 Å². The molecule has 1 fully saturated rings. The van der Waals surface area contributed by atoms with Gasteiger partial charge in [-0.15, -0.1) is 0 Å². The van der Waals surface area contributed by atoms with E-state index in [-0.39, 0.29) is 5.60 Å². The van der Waals surface area contributed by atoms with Crippen molar-refractivity contribution in [2.24, 2.45) is 5.92 Å². The third-order valence-corrected chi connectivity index (χ3v) is 5.08. The van der Waals surface area contributed by atoms with Crippen molar-refractivity contribution in [1.82, 2.24) is 5.32 Å². The molecule has 1 N–H and O–H groups in total. The van der Waals surface area contributed by atoms with Gasteiger partial charge in [-0.3, -0.25) is 0 Å². The van der Waals surface area contributed by atoms with Gasteiger partial charge in [0, 0.05) is 23.0 Å². The fourth-order valence-electron chi connectivity index (χ4n) is 3.72. The highest BCUT2D eigenvalue weighted by Crippen LogP contribution is 2.49. The first-order valence-corrected chi connectivity index (χ1v) is 7.69. The SMILES string of the molecule is CCC1CCC2(C1)CC(NC)c1cc(Cl)ccc1O2. The highest BCUT2D eigenvalue weighted by atomic mass is 35.5. The Hall–Kier alpha value is -0.730. The molecule has 3 heteroatoms. The number of hydrogen-bond donors (Lipinski definition) is 1. The van der Waals surface area contributed by atoms with Crippen molar-refractivity contribution >= 4 is 11.6 Å². The zero-order valence-corrected chi connectivity index (χ0v) is 12.5. The average molecular weight is 280 g/mol. The van der Waals surface area contributed by atoms with Gasteiger partial charge >= 0.3 is 0 Å². The number of nitrogens with one attached hydrogen (secondary N) is 1. The highest BCUT2D eigenvalue weighted by molar-refractivity contribution is 6.30. The molecule has 1 aromatic carbocycles. The molecule has 1 aliphatic heterocycles. The smallest absolute Gasteiger partial charge is 0.125 e. The standard InChI is InChI=1S/C16H22ClNO/c1-3-11-6-7-16(9-11)10-14(18-2)13-8-12(17)4-5-15(13)19-16/h4-5,8,11,14,18H,3,6-7,9-10H2,1-2H3. The summed E-state index contributed by atoms with van der Waals surface area (Å²) in [6.07, 6.45) is 6.02. The quantitative estimate of drug-likeness (QED) is 0.870. The molecule has 2 aliphatic rings. The summed E-state index contributed by atoms with van der Waals surface area (Å²) in [5.74, 6) is 1.85. The molecule has 3 atom stereocenters. The predicted molar refractivity (Wildman–Crippen MR) is 78.9 cm³/mol. The van der Waals surface area contributed by atoms with Gasteiger partial charge in [0.05, 0.1) is 0 Å². The van der Waals surface area contributed by atoms with Crippen LogP contribution in [0.15, 0.2) is 18.2 Å². The van der Waals surface area contributed by atoms with E-state index >= 15 is 0 Å². The normalized spacial score (nSPS) is 33.2. The van der Waals surface area contributed by atoms with E-state index in [1.807, 2.05) is 25.2 Å². The van der Waals surface area contributed by atoms with Crippen molar-refractivity contribution < 1.29 is 4.74 Å². The van der Waals surface area contributed by atoms with Crippen molar-refractivity contribution in [2.45, 2.75) is 50.7 Å². The number of hydrogen-bond acceptors (Lipinski definition) is 2. The van der Waals surface area contributed by atoms with Crippen LogP contribution < -0.4 is 10.1 Å². The molecular weight excluding hydrogens is 258 g/mol. The van der Waals surface area contributed by atoms with Crippen molar-refractivity contribution in [3.63, 3.8) is 0 Å². The topological polar surface area (TPSA) is 21.3 Å². The van der Waals surface area contributed by atoms with Gasteiger partial charge in [0.1, 0.15) is 11.4 Å². The first-order chi connectivity index (χ1) is 9.15. The van der Waals surface area contributed by atoms with Crippen molar-refractivity contribution in [3.8, 4) is 5.75 Å². The van der Waals surface area contributed by atoms with Gasteiger partial charge in [0.25, 0.3) is 0 Å². The van der Waals surface area contributed by atoms with Crippen LogP contribution in [-0.4, -0.2) is 12.6 Å². The Morgan fingerprint density at radius 2 is 2.26 bits per heavy atom. The molecule has 0 amide bonds. The lowest BCUT2D eigenvalue weighted by Crippen LogP contribution is -2.41. The van der Waals surface area contributed by atoms with Gasteiger partial charge in [0.15, 0.2) is 0 Å². The number of halogens is 1. The third kappa shape index (κ3) is 2.36. The first-order valence-electron chi connectivity index (χ1n) is 7.31. The lowest BCUT2D eigenvalue weighted by atomic mass is 9.85. The summed E-state index contributed by atoms with van der Waals surface area (Å²) in [4.78, 5) is 0. The summed E-state index contributed by atoms with van der Waals surface area (Å²) in [6.45, 7) is 2.29. The Kier molecular flexibility index (Phi) is 3.48. The molecule has 1 heterocycles. The Morgan fingerprint density at radius 3 is 2.95 bits per heavy atom. The predicted octanol–water partition coefficient (Wildman–Crippen LogP) is 4.33. The third-order valence-electron chi connectivity index (χ3n) is 4.84. The molecule has 3 unspecified atom stereocenters. The van der Waals surface area contributed by atoms with E-state index < -0.39 is 0 Å². The second-order valence-electron chi connectivity index (χ2n) is 6.03. The van der Waals surface area contributed by atoms with E-state index in [1.54, 1.807) is 0 Å². The first kappa shape index (κ1) is 13.3. The van der Waals surface area contributed by atoms with E-state index in [2.05, 4.69) is 12.2 Å². The molecule has 3 rings (SSSR count).